The van der Waals surface area contributed by atoms with Crippen LogP contribution in [0.3, 0.4) is 0 Å². The number of nitrogens with zero attached hydrogens (tertiary/aromatic N) is 1. The number of hydrogen-bond acceptors (Lipinski definition) is 3. The van der Waals surface area contributed by atoms with Gasteiger partial charge >= 0.3 is 6.09 Å². The van der Waals surface area contributed by atoms with E-state index in [0.29, 0.717) is 6.29 Å². The predicted octanol–water partition coefficient (Wildman–Crippen LogP) is 2.86. The van der Waals surface area contributed by atoms with Crippen molar-refractivity contribution in [2.45, 2.75) is 57.6 Å². The Hall–Kier alpha value is -1.20. The summed E-state index contributed by atoms with van der Waals surface area (Å²) >= 11 is 0. The first-order valence-electron chi connectivity index (χ1n) is 6.22. The molecular weight excluding hydrogens is 256 g/mol. The van der Waals surface area contributed by atoms with Crippen LogP contribution in [0.15, 0.2) is 0 Å². The van der Waals surface area contributed by atoms with Gasteiger partial charge in [0.05, 0.1) is 0 Å². The molecule has 1 saturated carbocycles. The second kappa shape index (κ2) is 4.72. The van der Waals surface area contributed by atoms with Gasteiger partial charge in [-0.15, -0.1) is 0 Å². The molecule has 1 amide bonds. The summed E-state index contributed by atoms with van der Waals surface area (Å²) in [5.74, 6) is -3.28. The van der Waals surface area contributed by atoms with Gasteiger partial charge in [-0.25, -0.2) is 13.6 Å². The van der Waals surface area contributed by atoms with Crippen LogP contribution in [0.25, 0.3) is 0 Å². The summed E-state index contributed by atoms with van der Waals surface area (Å²) in [7, 11) is 1.40. The minimum atomic E-state index is -2.73. The maximum atomic E-state index is 12.9. The predicted molar refractivity (Wildman–Crippen MR) is 66.1 cm³/mol. The number of amides is 1. The molecule has 0 aromatic rings. The summed E-state index contributed by atoms with van der Waals surface area (Å²) in [6, 6.07) is 0. The number of carbonyl (C=O) groups excluding carboxylic acids is 2. The fourth-order valence-corrected chi connectivity index (χ4v) is 2.05. The van der Waals surface area contributed by atoms with Gasteiger partial charge in [0.2, 0.25) is 5.92 Å². The van der Waals surface area contributed by atoms with Gasteiger partial charge in [0.25, 0.3) is 0 Å². The van der Waals surface area contributed by atoms with E-state index in [2.05, 4.69) is 0 Å². The van der Waals surface area contributed by atoms with E-state index in [9.17, 15) is 18.4 Å². The summed E-state index contributed by atoms with van der Waals surface area (Å²) in [6.07, 6.45) is -0.890. The molecule has 0 aromatic heterocycles. The molecule has 1 fully saturated rings. The number of alkyl halides is 2. The van der Waals surface area contributed by atoms with Crippen molar-refractivity contribution in [2.75, 3.05) is 7.05 Å². The Balaban J connectivity index is 2.79. The van der Waals surface area contributed by atoms with Crippen molar-refractivity contribution in [3.05, 3.63) is 0 Å². The molecule has 19 heavy (non-hydrogen) atoms. The molecule has 0 heterocycles. The molecule has 1 aliphatic carbocycles. The van der Waals surface area contributed by atoms with Crippen molar-refractivity contribution < 1.29 is 23.1 Å². The molecule has 0 aliphatic heterocycles. The number of likely N-dealkylation sites (N-methyl/N-ethyl adjacent to an activating group) is 1. The number of carbonyl (C=O) groups is 2. The van der Waals surface area contributed by atoms with Crippen LogP contribution in [0.4, 0.5) is 13.6 Å². The van der Waals surface area contributed by atoms with E-state index < -0.39 is 29.1 Å². The molecule has 0 bridgehead atoms. The van der Waals surface area contributed by atoms with Crippen LogP contribution in [0.1, 0.15) is 40.5 Å². The molecule has 1 rings (SSSR count). The van der Waals surface area contributed by atoms with Crippen molar-refractivity contribution in [1.82, 2.24) is 4.90 Å². The Labute approximate surface area is 112 Å². The Morgan fingerprint density at radius 2 is 1.79 bits per heavy atom. The molecule has 4 nitrogen and oxygen atoms in total. The number of aldehydes is 1. The smallest absolute Gasteiger partial charge is 0.410 e. The summed E-state index contributed by atoms with van der Waals surface area (Å²) in [6.45, 7) is 6.60. The Kier molecular flexibility index (Phi) is 3.94. The van der Waals surface area contributed by atoms with E-state index >= 15 is 0 Å². The van der Waals surface area contributed by atoms with Crippen molar-refractivity contribution in [1.29, 1.82) is 0 Å². The lowest BCUT2D eigenvalue weighted by atomic mass is 9.69. The van der Waals surface area contributed by atoms with Gasteiger partial charge in [0, 0.05) is 25.8 Å². The highest BCUT2D eigenvalue weighted by Gasteiger charge is 2.55. The summed E-state index contributed by atoms with van der Waals surface area (Å²) in [4.78, 5) is 24.3. The normalized spacial score (nSPS) is 22.1. The molecule has 0 saturated heterocycles. The fourth-order valence-electron chi connectivity index (χ4n) is 2.05. The second-order valence-corrected chi connectivity index (χ2v) is 6.34. The van der Waals surface area contributed by atoms with Gasteiger partial charge in [0.15, 0.2) is 0 Å². The summed E-state index contributed by atoms with van der Waals surface area (Å²) in [5, 5.41) is 0. The minimum Gasteiger partial charge on any atom is -0.444 e. The van der Waals surface area contributed by atoms with Crippen molar-refractivity contribution in [3.8, 4) is 0 Å². The monoisotopic (exact) mass is 277 g/mol. The maximum absolute atomic E-state index is 12.9. The van der Waals surface area contributed by atoms with Crippen LogP contribution in [0.5, 0.6) is 0 Å². The lowest BCUT2D eigenvalue weighted by molar-refractivity contribution is -0.155. The Morgan fingerprint density at radius 3 is 2.11 bits per heavy atom. The van der Waals surface area contributed by atoms with Gasteiger partial charge in [-0.05, 0) is 27.7 Å². The molecular formula is C13H21F2NO3. The third kappa shape index (κ3) is 3.42. The first-order chi connectivity index (χ1) is 8.41. The van der Waals surface area contributed by atoms with Crippen LogP contribution in [-0.4, -0.2) is 41.4 Å². The quantitative estimate of drug-likeness (QED) is 0.745. The summed E-state index contributed by atoms with van der Waals surface area (Å²) < 4.78 is 31.0. The second-order valence-electron chi connectivity index (χ2n) is 6.34. The van der Waals surface area contributed by atoms with Crippen LogP contribution >= 0.6 is 0 Å². The van der Waals surface area contributed by atoms with E-state index in [1.807, 2.05) is 0 Å². The zero-order chi connectivity index (χ0) is 15.1. The maximum Gasteiger partial charge on any atom is 0.410 e. The first-order valence-corrected chi connectivity index (χ1v) is 6.22. The topological polar surface area (TPSA) is 46.6 Å². The van der Waals surface area contributed by atoms with Crippen molar-refractivity contribution in [3.63, 3.8) is 0 Å². The van der Waals surface area contributed by atoms with Crippen LogP contribution in [-0.2, 0) is 9.53 Å². The van der Waals surface area contributed by atoms with Crippen molar-refractivity contribution in [2.24, 2.45) is 5.92 Å². The number of ether oxygens (including phenoxy) is 1. The Morgan fingerprint density at radius 1 is 1.32 bits per heavy atom. The minimum absolute atomic E-state index is 0.380. The van der Waals surface area contributed by atoms with E-state index in [0.717, 1.165) is 4.90 Å². The number of halogens is 2. The first kappa shape index (κ1) is 15.9. The molecule has 0 radical (unpaired) electrons. The SMILES string of the molecule is CN(C(=O)OC(C)(C)C)C(C)(C=O)C1CC(F)(F)C1. The standard InChI is InChI=1S/C13H21F2NO3/c1-11(2,3)19-10(18)16(5)12(4,8-17)9-6-13(14,15)7-9/h8-9H,6-7H2,1-5H3. The van der Waals surface area contributed by atoms with E-state index in [-0.39, 0.29) is 12.8 Å². The third-order valence-electron chi connectivity index (χ3n) is 3.55. The average molecular weight is 277 g/mol. The van der Waals surface area contributed by atoms with Crippen LogP contribution in [0, 0.1) is 5.92 Å². The molecule has 0 spiro atoms. The zero-order valence-corrected chi connectivity index (χ0v) is 12.0. The lowest BCUT2D eigenvalue weighted by Gasteiger charge is -2.47. The van der Waals surface area contributed by atoms with Gasteiger partial charge < -0.3 is 9.53 Å². The Bertz CT molecular complexity index is 371. The number of hydrogen-bond donors (Lipinski definition) is 0. The van der Waals surface area contributed by atoms with E-state index in [1.54, 1.807) is 20.8 Å². The highest BCUT2D eigenvalue weighted by Crippen LogP contribution is 2.48. The molecule has 110 valence electrons. The largest absolute Gasteiger partial charge is 0.444 e. The number of rotatable bonds is 3. The summed E-state index contributed by atoms with van der Waals surface area (Å²) in [5.41, 5.74) is -1.96. The van der Waals surface area contributed by atoms with Gasteiger partial charge in [0.1, 0.15) is 17.4 Å². The molecule has 1 unspecified atom stereocenters. The fraction of sp³-hybridized carbons (Fsp3) is 0.846. The van der Waals surface area contributed by atoms with Crippen LogP contribution < -0.4 is 0 Å². The molecule has 0 aromatic carbocycles. The molecule has 6 heteroatoms. The van der Waals surface area contributed by atoms with Crippen LogP contribution in [0.2, 0.25) is 0 Å². The van der Waals surface area contributed by atoms with E-state index in [1.165, 1.54) is 14.0 Å². The highest BCUT2D eigenvalue weighted by molar-refractivity contribution is 5.76. The van der Waals surface area contributed by atoms with Gasteiger partial charge in [-0.2, -0.15) is 0 Å². The average Bonchev–Trinajstić information content (AvgIpc) is 2.21. The van der Waals surface area contributed by atoms with Crippen molar-refractivity contribution >= 4 is 12.4 Å². The lowest BCUT2D eigenvalue weighted by Crippen LogP contribution is -2.60. The highest BCUT2D eigenvalue weighted by atomic mass is 19.3. The van der Waals surface area contributed by atoms with Gasteiger partial charge in [-0.3, -0.25) is 4.90 Å². The third-order valence-corrected chi connectivity index (χ3v) is 3.55. The molecule has 1 atom stereocenters. The zero-order valence-electron chi connectivity index (χ0n) is 12.0. The van der Waals surface area contributed by atoms with E-state index in [4.69, 9.17) is 4.74 Å². The molecule has 1 aliphatic rings. The molecule has 0 N–H and O–H groups in total. The van der Waals surface area contributed by atoms with Gasteiger partial charge in [-0.1, -0.05) is 0 Å².